The summed E-state index contributed by atoms with van der Waals surface area (Å²) in [7, 11) is 0. The zero-order valence-corrected chi connectivity index (χ0v) is 10.1. The van der Waals surface area contributed by atoms with E-state index in [1.54, 1.807) is 0 Å². The van der Waals surface area contributed by atoms with Gasteiger partial charge in [0.15, 0.2) is 5.41 Å². The van der Waals surface area contributed by atoms with E-state index in [0.29, 0.717) is 5.56 Å². The summed E-state index contributed by atoms with van der Waals surface area (Å²) < 4.78 is 56.6. The second-order valence-electron chi connectivity index (χ2n) is 4.50. The van der Waals surface area contributed by atoms with Crippen molar-refractivity contribution in [1.29, 1.82) is 0 Å². The quantitative estimate of drug-likeness (QED) is 0.624. The van der Waals surface area contributed by atoms with E-state index in [2.05, 4.69) is 4.74 Å². The smallest absolute Gasteiger partial charge is 0.405 e. The molecule has 1 aliphatic carbocycles. The molecule has 0 aromatic heterocycles. The Morgan fingerprint density at radius 1 is 1.37 bits per heavy atom. The minimum Gasteiger partial charge on any atom is -0.465 e. The van der Waals surface area contributed by atoms with E-state index in [1.165, 1.54) is 19.1 Å². The lowest BCUT2D eigenvalue weighted by molar-refractivity contribution is -0.207. The van der Waals surface area contributed by atoms with Gasteiger partial charge in [-0.25, -0.2) is 4.39 Å². The third-order valence-corrected chi connectivity index (χ3v) is 3.38. The van der Waals surface area contributed by atoms with Crippen molar-refractivity contribution in [2.45, 2.75) is 25.4 Å². The van der Waals surface area contributed by atoms with Crippen molar-refractivity contribution in [2.24, 2.45) is 5.41 Å². The molecule has 1 saturated carbocycles. The van der Waals surface area contributed by atoms with Crippen molar-refractivity contribution in [1.82, 2.24) is 0 Å². The highest BCUT2D eigenvalue weighted by Gasteiger charge is 2.76. The molecular weight excluding hydrogens is 264 g/mol. The van der Waals surface area contributed by atoms with Crippen LogP contribution in [0.15, 0.2) is 24.3 Å². The maximum atomic E-state index is 13.1. The van der Waals surface area contributed by atoms with Crippen molar-refractivity contribution in [3.05, 3.63) is 35.6 Å². The zero-order chi connectivity index (χ0) is 14.3. The minimum absolute atomic E-state index is 0.104. The van der Waals surface area contributed by atoms with E-state index >= 15 is 0 Å². The molecule has 1 aromatic rings. The summed E-state index contributed by atoms with van der Waals surface area (Å²) in [5, 5.41) is 0. The first-order chi connectivity index (χ1) is 8.83. The van der Waals surface area contributed by atoms with E-state index in [-0.39, 0.29) is 13.0 Å². The normalized spacial score (nSPS) is 26.1. The summed E-state index contributed by atoms with van der Waals surface area (Å²) in [5.74, 6) is -2.78. The second kappa shape index (κ2) is 4.51. The number of esters is 1. The molecule has 104 valence electrons. The number of carbonyl (C=O) groups excluding carboxylic acids is 1. The van der Waals surface area contributed by atoms with Crippen LogP contribution in [-0.4, -0.2) is 18.8 Å². The van der Waals surface area contributed by atoms with Gasteiger partial charge in [-0.2, -0.15) is 13.2 Å². The predicted octanol–water partition coefficient (Wildman–Crippen LogP) is 3.42. The molecule has 0 aliphatic heterocycles. The Morgan fingerprint density at radius 3 is 2.42 bits per heavy atom. The molecule has 1 aromatic carbocycles. The second-order valence-corrected chi connectivity index (χ2v) is 4.50. The lowest BCUT2D eigenvalue weighted by Gasteiger charge is -2.19. The molecule has 2 atom stereocenters. The topological polar surface area (TPSA) is 26.3 Å². The average molecular weight is 276 g/mol. The van der Waals surface area contributed by atoms with Crippen molar-refractivity contribution in [3.63, 3.8) is 0 Å². The van der Waals surface area contributed by atoms with Crippen LogP contribution < -0.4 is 0 Å². The van der Waals surface area contributed by atoms with Crippen LogP contribution in [0.3, 0.4) is 0 Å². The minimum atomic E-state index is -4.67. The molecule has 2 nitrogen and oxygen atoms in total. The number of hydrogen-bond acceptors (Lipinski definition) is 2. The lowest BCUT2D eigenvalue weighted by atomic mass is 9.98. The van der Waals surface area contributed by atoms with Crippen LogP contribution in [0, 0.1) is 11.2 Å². The van der Waals surface area contributed by atoms with Gasteiger partial charge in [-0.3, -0.25) is 4.79 Å². The van der Waals surface area contributed by atoms with E-state index in [0.717, 1.165) is 12.1 Å². The molecule has 0 amide bonds. The molecule has 0 spiro atoms. The number of rotatable bonds is 3. The highest BCUT2D eigenvalue weighted by atomic mass is 19.4. The fraction of sp³-hybridized carbons (Fsp3) is 0.462. The molecule has 0 bridgehead atoms. The Morgan fingerprint density at radius 2 is 1.95 bits per heavy atom. The van der Waals surface area contributed by atoms with Gasteiger partial charge in [-0.05, 0) is 31.0 Å². The molecule has 1 aliphatic rings. The summed E-state index contributed by atoms with van der Waals surface area (Å²) in [6.07, 6.45) is -5.01. The van der Waals surface area contributed by atoms with Crippen LogP contribution in [0.1, 0.15) is 24.8 Å². The average Bonchev–Trinajstić information content (AvgIpc) is 3.06. The summed E-state index contributed by atoms with van der Waals surface area (Å²) in [5.41, 5.74) is -2.17. The van der Waals surface area contributed by atoms with Gasteiger partial charge in [0.2, 0.25) is 0 Å². The van der Waals surface area contributed by atoms with Crippen molar-refractivity contribution in [2.75, 3.05) is 6.61 Å². The highest BCUT2D eigenvalue weighted by molar-refractivity contribution is 5.83. The summed E-state index contributed by atoms with van der Waals surface area (Å²) >= 11 is 0. The Balaban J connectivity index is 2.30. The van der Waals surface area contributed by atoms with Gasteiger partial charge in [-0.15, -0.1) is 0 Å². The van der Waals surface area contributed by atoms with Gasteiger partial charge in [0.1, 0.15) is 5.82 Å². The summed E-state index contributed by atoms with van der Waals surface area (Å²) in [4.78, 5) is 11.6. The number of benzene rings is 1. The SMILES string of the molecule is CCOC(=O)[C@@]1(C(F)(F)F)C[C@H]1c1ccc(F)cc1. The van der Waals surface area contributed by atoms with E-state index < -0.39 is 29.3 Å². The van der Waals surface area contributed by atoms with Gasteiger partial charge >= 0.3 is 12.1 Å². The zero-order valence-electron chi connectivity index (χ0n) is 10.1. The molecule has 0 heterocycles. The van der Waals surface area contributed by atoms with Gasteiger partial charge in [-0.1, -0.05) is 12.1 Å². The summed E-state index contributed by atoms with van der Waals surface area (Å²) in [6.45, 7) is 1.35. The molecule has 0 N–H and O–H groups in total. The number of hydrogen-bond donors (Lipinski definition) is 0. The number of alkyl halides is 3. The Labute approximate surface area is 107 Å². The molecule has 0 unspecified atom stereocenters. The van der Waals surface area contributed by atoms with Gasteiger partial charge in [0.25, 0.3) is 0 Å². The van der Waals surface area contributed by atoms with Crippen LogP contribution in [0.5, 0.6) is 0 Å². The van der Waals surface area contributed by atoms with E-state index in [1.807, 2.05) is 0 Å². The lowest BCUT2D eigenvalue weighted by Crippen LogP contribution is -2.35. The van der Waals surface area contributed by atoms with Gasteiger partial charge in [0, 0.05) is 5.92 Å². The van der Waals surface area contributed by atoms with Crippen LogP contribution >= 0.6 is 0 Å². The summed E-state index contributed by atoms with van der Waals surface area (Å²) in [6, 6.07) is 4.71. The number of halogens is 4. The molecular formula is C13H12F4O2. The van der Waals surface area contributed by atoms with Crippen molar-refractivity contribution >= 4 is 5.97 Å². The highest BCUT2D eigenvalue weighted by Crippen LogP contribution is 2.68. The first-order valence-corrected chi connectivity index (χ1v) is 5.82. The molecule has 6 heteroatoms. The largest absolute Gasteiger partial charge is 0.465 e. The molecule has 0 radical (unpaired) electrons. The Hall–Kier alpha value is -1.59. The first kappa shape index (κ1) is 13.8. The van der Waals surface area contributed by atoms with Crippen LogP contribution in [0.4, 0.5) is 17.6 Å². The standard InChI is InChI=1S/C13H12F4O2/c1-2-19-11(18)12(13(15,16)17)7-10(12)8-3-5-9(14)6-4-8/h3-6,10H,2,7H2,1H3/t10-,12+/m0/s1. The first-order valence-electron chi connectivity index (χ1n) is 5.82. The molecule has 19 heavy (non-hydrogen) atoms. The number of carbonyl (C=O) groups is 1. The molecule has 2 rings (SSSR count). The molecule has 1 fully saturated rings. The Kier molecular flexibility index (Phi) is 3.28. The van der Waals surface area contributed by atoms with Crippen LogP contribution in [0.25, 0.3) is 0 Å². The third kappa shape index (κ3) is 2.19. The van der Waals surface area contributed by atoms with E-state index in [9.17, 15) is 22.4 Å². The maximum absolute atomic E-state index is 13.1. The van der Waals surface area contributed by atoms with Gasteiger partial charge in [0.05, 0.1) is 6.61 Å². The predicted molar refractivity (Wildman–Crippen MR) is 58.9 cm³/mol. The molecule has 0 saturated heterocycles. The monoisotopic (exact) mass is 276 g/mol. The van der Waals surface area contributed by atoms with Crippen molar-refractivity contribution < 1.29 is 27.1 Å². The fourth-order valence-corrected chi connectivity index (χ4v) is 2.27. The Bertz CT molecular complexity index is 480. The third-order valence-electron chi connectivity index (χ3n) is 3.38. The van der Waals surface area contributed by atoms with Crippen LogP contribution in [-0.2, 0) is 9.53 Å². The van der Waals surface area contributed by atoms with Crippen LogP contribution in [0.2, 0.25) is 0 Å². The maximum Gasteiger partial charge on any atom is 0.405 e. The van der Waals surface area contributed by atoms with Crippen molar-refractivity contribution in [3.8, 4) is 0 Å². The number of ether oxygens (including phenoxy) is 1. The fourth-order valence-electron chi connectivity index (χ4n) is 2.27. The van der Waals surface area contributed by atoms with E-state index in [4.69, 9.17) is 0 Å². The van der Waals surface area contributed by atoms with Gasteiger partial charge < -0.3 is 4.74 Å².